The SMILES string of the molecule is Cc1ccccc1S(=O)(=O)Nc1cc(-c2ccc(N=NN)cc2)sc1C(=O)O.[N-]=[N+]=N. The molecule has 13 heteroatoms. The van der Waals surface area contributed by atoms with Crippen molar-refractivity contribution in [3.05, 3.63) is 75.5 Å². The molecule has 1 heterocycles. The van der Waals surface area contributed by atoms with Crippen molar-refractivity contribution in [3.8, 4) is 10.4 Å². The molecule has 0 saturated heterocycles. The van der Waals surface area contributed by atoms with Gasteiger partial charge in [-0.15, -0.1) is 22.0 Å². The van der Waals surface area contributed by atoms with Crippen LogP contribution in [0.25, 0.3) is 20.9 Å². The number of thiophene rings is 1. The lowest BCUT2D eigenvalue weighted by molar-refractivity contribution is 0.0703. The zero-order valence-corrected chi connectivity index (χ0v) is 17.7. The number of benzene rings is 2. The van der Waals surface area contributed by atoms with Crippen molar-refractivity contribution in [2.45, 2.75) is 11.8 Å². The van der Waals surface area contributed by atoms with Crippen molar-refractivity contribution in [2.24, 2.45) is 16.2 Å². The molecule has 3 aromatic rings. The zero-order valence-electron chi connectivity index (χ0n) is 16.1. The highest BCUT2D eigenvalue weighted by Crippen LogP contribution is 2.36. The molecule has 0 unspecified atom stereocenters. The van der Waals surface area contributed by atoms with Crippen molar-refractivity contribution in [1.82, 2.24) is 0 Å². The van der Waals surface area contributed by atoms with Crippen LogP contribution < -0.4 is 10.6 Å². The molecule has 0 aliphatic rings. The predicted octanol–water partition coefficient (Wildman–Crippen LogP) is 5.06. The Morgan fingerprint density at radius 2 is 1.84 bits per heavy atom. The Bertz CT molecular complexity index is 1250. The molecule has 0 aliphatic carbocycles. The van der Waals surface area contributed by atoms with Crippen molar-refractivity contribution < 1.29 is 18.3 Å². The van der Waals surface area contributed by atoms with Gasteiger partial charge in [0, 0.05) is 4.88 Å². The Morgan fingerprint density at radius 3 is 2.39 bits per heavy atom. The highest BCUT2D eigenvalue weighted by atomic mass is 32.2. The first-order valence-electron chi connectivity index (χ1n) is 8.41. The van der Waals surface area contributed by atoms with Gasteiger partial charge in [0.25, 0.3) is 10.0 Å². The molecule has 2 aromatic carbocycles. The van der Waals surface area contributed by atoms with E-state index in [0.29, 0.717) is 21.7 Å². The number of hydrogen-bond acceptors (Lipinski definition) is 7. The fourth-order valence-electron chi connectivity index (χ4n) is 2.58. The topological polar surface area (TPSA) is 194 Å². The van der Waals surface area contributed by atoms with E-state index in [1.54, 1.807) is 54.3 Å². The Balaban J connectivity index is 0.00000107. The lowest BCUT2D eigenvalue weighted by Gasteiger charge is -2.09. The molecule has 0 radical (unpaired) electrons. The molecule has 11 nitrogen and oxygen atoms in total. The van der Waals surface area contributed by atoms with Gasteiger partial charge >= 0.3 is 5.97 Å². The number of aromatic carboxylic acids is 1. The van der Waals surface area contributed by atoms with Gasteiger partial charge in [0.05, 0.1) is 16.3 Å². The summed E-state index contributed by atoms with van der Waals surface area (Å²) in [6.45, 7) is 1.67. The highest BCUT2D eigenvalue weighted by molar-refractivity contribution is 7.92. The predicted molar refractivity (Wildman–Crippen MR) is 117 cm³/mol. The van der Waals surface area contributed by atoms with E-state index in [1.165, 1.54) is 12.1 Å². The van der Waals surface area contributed by atoms with Crippen LogP contribution >= 0.6 is 11.3 Å². The van der Waals surface area contributed by atoms with Crippen LogP contribution in [-0.4, -0.2) is 19.5 Å². The second kappa shape index (κ2) is 10.2. The maximum atomic E-state index is 12.7. The van der Waals surface area contributed by atoms with E-state index < -0.39 is 16.0 Å². The van der Waals surface area contributed by atoms with Gasteiger partial charge in [-0.05, 0) is 52.8 Å². The summed E-state index contributed by atoms with van der Waals surface area (Å²) < 4.78 is 27.8. The summed E-state index contributed by atoms with van der Waals surface area (Å²) in [7, 11) is -3.93. The first-order chi connectivity index (χ1) is 14.7. The fourth-order valence-corrected chi connectivity index (χ4v) is 4.92. The van der Waals surface area contributed by atoms with Crippen molar-refractivity contribution >= 4 is 38.7 Å². The molecule has 0 saturated carbocycles. The molecule has 31 heavy (non-hydrogen) atoms. The maximum Gasteiger partial charge on any atom is 0.348 e. The number of carbonyl (C=O) groups is 1. The minimum atomic E-state index is -3.93. The fraction of sp³-hybridized carbons (Fsp3) is 0.0556. The average molecular weight is 460 g/mol. The van der Waals surface area contributed by atoms with E-state index >= 15 is 0 Å². The van der Waals surface area contributed by atoms with E-state index in [2.05, 4.69) is 15.1 Å². The molecule has 1 aromatic heterocycles. The number of nitrogens with two attached hydrogens (primary N) is 1. The van der Waals surface area contributed by atoms with Crippen LogP contribution in [0.15, 0.2) is 69.8 Å². The number of carboxylic acid groups (broad SMARTS) is 1. The highest BCUT2D eigenvalue weighted by Gasteiger charge is 2.23. The van der Waals surface area contributed by atoms with Crippen LogP contribution in [0.2, 0.25) is 0 Å². The summed E-state index contributed by atoms with van der Waals surface area (Å²) in [4.78, 5) is 14.0. The summed E-state index contributed by atoms with van der Waals surface area (Å²) >= 11 is 0.975. The Morgan fingerprint density at radius 1 is 1.23 bits per heavy atom. The molecule has 0 amide bonds. The first-order valence-corrected chi connectivity index (χ1v) is 10.7. The van der Waals surface area contributed by atoms with Crippen LogP contribution in [0.3, 0.4) is 0 Å². The largest absolute Gasteiger partial charge is 0.477 e. The third-order valence-corrected chi connectivity index (χ3v) is 6.58. The summed E-state index contributed by atoms with van der Waals surface area (Å²) in [5.74, 6) is 3.80. The number of hydrogen-bond donors (Lipinski definition) is 4. The number of nitrogens with zero attached hydrogens (tertiary/aromatic N) is 4. The molecule has 5 N–H and O–H groups in total. The van der Waals surface area contributed by atoms with Gasteiger partial charge in [-0.3, -0.25) is 4.72 Å². The van der Waals surface area contributed by atoms with Crippen molar-refractivity contribution in [3.63, 3.8) is 0 Å². The van der Waals surface area contributed by atoms with Crippen molar-refractivity contribution in [2.75, 3.05) is 4.72 Å². The van der Waals surface area contributed by atoms with Crippen LogP contribution in [-0.2, 0) is 10.0 Å². The Labute approximate surface area is 181 Å². The third kappa shape index (κ3) is 5.79. The van der Waals surface area contributed by atoms with E-state index in [9.17, 15) is 18.3 Å². The molecule has 0 fully saturated rings. The molecule has 160 valence electrons. The van der Waals surface area contributed by atoms with Gasteiger partial charge in [-0.1, -0.05) is 35.6 Å². The van der Waals surface area contributed by atoms with E-state index in [-0.39, 0.29) is 15.5 Å². The van der Waals surface area contributed by atoms with Crippen molar-refractivity contribution in [1.29, 1.82) is 5.53 Å². The van der Waals surface area contributed by atoms with Crippen LogP contribution in [0, 0.1) is 12.5 Å². The Kier molecular flexibility index (Phi) is 7.69. The second-order valence-corrected chi connectivity index (χ2v) is 8.59. The smallest absolute Gasteiger partial charge is 0.348 e. The lowest BCUT2D eigenvalue weighted by atomic mass is 10.1. The maximum absolute atomic E-state index is 12.7. The van der Waals surface area contributed by atoms with Gasteiger partial charge in [0.1, 0.15) is 4.88 Å². The zero-order chi connectivity index (χ0) is 23.0. The average Bonchev–Trinajstić information content (AvgIpc) is 3.13. The van der Waals surface area contributed by atoms with Crippen LogP contribution in [0.1, 0.15) is 15.2 Å². The summed E-state index contributed by atoms with van der Waals surface area (Å²) in [6.07, 6.45) is 0. The Hall–Kier alpha value is -3.93. The minimum absolute atomic E-state index is 0.0153. The molecule has 0 bridgehead atoms. The number of carboxylic acids is 1. The molecular formula is C18H17N7O4S2. The molecule has 0 atom stereocenters. The van der Waals surface area contributed by atoms with Gasteiger partial charge in [0.2, 0.25) is 0 Å². The molecule has 3 rings (SSSR count). The molecular weight excluding hydrogens is 442 g/mol. The van der Waals surface area contributed by atoms with Gasteiger partial charge in [-0.2, -0.15) is 0 Å². The third-order valence-electron chi connectivity index (χ3n) is 3.88. The summed E-state index contributed by atoms with van der Waals surface area (Å²) in [5, 5.41) is 16.4. The normalized spacial score (nSPS) is 10.7. The van der Waals surface area contributed by atoms with E-state index in [0.717, 1.165) is 11.3 Å². The second-order valence-electron chi connectivity index (χ2n) is 5.89. The summed E-state index contributed by atoms with van der Waals surface area (Å²) in [6, 6.07) is 14.8. The lowest BCUT2D eigenvalue weighted by Crippen LogP contribution is -2.15. The number of aryl methyl sites for hydroxylation is 1. The number of sulfonamides is 1. The minimum Gasteiger partial charge on any atom is -0.477 e. The quantitative estimate of drug-likeness (QED) is 0.131. The first kappa shape index (κ1) is 23.3. The van der Waals surface area contributed by atoms with E-state index in [4.69, 9.17) is 16.9 Å². The molecule has 0 aliphatic heterocycles. The van der Waals surface area contributed by atoms with E-state index in [1.807, 2.05) is 0 Å². The summed E-state index contributed by atoms with van der Waals surface area (Å²) in [5.41, 5.74) is 14.1. The number of rotatable bonds is 6. The number of anilines is 1. The van der Waals surface area contributed by atoms with Crippen LogP contribution in [0.5, 0.6) is 0 Å². The molecule has 0 spiro atoms. The standard InChI is InChI=1S/C18H16N4O4S2.HN3/c1-11-4-2-3-5-16(11)28(25,26)21-14-10-15(27-17(14)18(23)24)12-6-8-13(9-7-12)20-22-19;1-3-2/h2-10,21H,1H3,(H2,19,20)(H,23,24);1H. The van der Waals surface area contributed by atoms with Crippen LogP contribution in [0.4, 0.5) is 11.4 Å². The van der Waals surface area contributed by atoms with Gasteiger partial charge < -0.3 is 10.9 Å². The number of nitrogens with one attached hydrogen (secondary N) is 2. The van der Waals surface area contributed by atoms with Gasteiger partial charge in [0.15, 0.2) is 0 Å². The van der Waals surface area contributed by atoms with Gasteiger partial charge in [-0.25, -0.2) is 13.2 Å². The monoisotopic (exact) mass is 459 g/mol.